The van der Waals surface area contributed by atoms with Crippen LogP contribution in [0.15, 0.2) is 0 Å². The Hall–Kier alpha value is 0.651. The molecule has 0 rings (SSSR count). The zero-order valence-corrected chi connectivity index (χ0v) is 22.3. The molecule has 146 valence electrons. The molecule has 0 radical (unpaired) electrons. The lowest BCUT2D eigenvalue weighted by atomic mass is 10.2. The van der Waals surface area contributed by atoms with Crippen molar-refractivity contribution in [1.29, 1.82) is 0 Å². The van der Waals surface area contributed by atoms with Crippen LogP contribution in [-0.2, 0) is 0 Å². The van der Waals surface area contributed by atoms with Crippen LogP contribution >= 0.6 is 0 Å². The van der Waals surface area contributed by atoms with Crippen molar-refractivity contribution in [1.82, 2.24) is 0 Å². The van der Waals surface area contributed by atoms with Crippen LogP contribution in [0.1, 0.15) is 117 Å². The lowest BCUT2D eigenvalue weighted by Gasteiger charge is -2.31. The Kier molecular flexibility index (Phi) is 18.9. The molecule has 0 nitrogen and oxygen atoms in total. The molecule has 0 saturated carbocycles. The second kappa shape index (κ2) is 18.4. The van der Waals surface area contributed by atoms with Gasteiger partial charge in [-0.3, -0.25) is 0 Å². The number of rotatable bonds is 19. The third kappa shape index (κ3) is 13.9. The zero-order chi connectivity index (χ0) is 17.9. The summed E-state index contributed by atoms with van der Waals surface area (Å²) < 4.78 is 0. The average Bonchev–Trinajstić information content (AvgIpc) is 2.60. The van der Waals surface area contributed by atoms with E-state index in [9.17, 15) is 0 Å². The van der Waals surface area contributed by atoms with Crippen LogP contribution in [0.3, 0.4) is 0 Å². The van der Waals surface area contributed by atoms with Crippen LogP contribution in [-0.4, -0.2) is 25.9 Å². The molecule has 0 fully saturated rings. The summed E-state index contributed by atoms with van der Waals surface area (Å²) in [6, 6.07) is 5.23. The van der Waals surface area contributed by atoms with Crippen molar-refractivity contribution >= 4 is 25.9 Å². The molecule has 0 aromatic rings. The highest BCUT2D eigenvalue weighted by atomic mass is 29.5. The SMILES string of the molecule is CCCCCCC[Si](CCCCCCC)(CCCCCCC)[SiH2][SiH3]. The highest BCUT2D eigenvalue weighted by molar-refractivity contribution is 7.40. The van der Waals surface area contributed by atoms with Gasteiger partial charge >= 0.3 is 0 Å². The van der Waals surface area contributed by atoms with E-state index in [1.54, 1.807) is 66.4 Å². The summed E-state index contributed by atoms with van der Waals surface area (Å²) in [4.78, 5) is 0. The molecule has 0 heterocycles. The fraction of sp³-hybridized carbons (Fsp3) is 1.00. The maximum absolute atomic E-state index is 2.34. The maximum Gasteiger partial charge on any atom is 0.0367 e. The van der Waals surface area contributed by atoms with Gasteiger partial charge in [-0.1, -0.05) is 135 Å². The molecular weight excluding hydrogens is 336 g/mol. The molecule has 0 aliphatic rings. The Balaban J connectivity index is 4.23. The van der Waals surface area contributed by atoms with Crippen LogP contribution in [0.5, 0.6) is 0 Å². The standard InChI is InChI=1S/C21H50Si3/c1-4-7-10-13-16-19-24(23-22,20-17-14-11-8-5-2)21-18-15-12-9-6-3/h4-21,23H2,1-3,22H3. The van der Waals surface area contributed by atoms with Crippen LogP contribution in [0.2, 0.25) is 18.1 Å². The number of hydrogen-bond acceptors (Lipinski definition) is 0. The first-order valence-corrected chi connectivity index (χ1v) is 22.3. The first-order chi connectivity index (χ1) is 11.7. The summed E-state index contributed by atoms with van der Waals surface area (Å²) in [7, 11) is 1.24. The Morgan fingerprint density at radius 1 is 0.500 bits per heavy atom. The highest BCUT2D eigenvalue weighted by Gasteiger charge is 2.28. The van der Waals surface area contributed by atoms with Crippen molar-refractivity contribution in [3.8, 4) is 0 Å². The molecule has 3 heteroatoms. The van der Waals surface area contributed by atoms with Crippen LogP contribution in [0, 0.1) is 0 Å². The van der Waals surface area contributed by atoms with E-state index < -0.39 is 7.59 Å². The molecule has 24 heavy (non-hydrogen) atoms. The largest absolute Gasteiger partial charge is 0.0654 e. The van der Waals surface area contributed by atoms with E-state index in [2.05, 4.69) is 20.8 Å². The van der Waals surface area contributed by atoms with Crippen LogP contribution < -0.4 is 0 Å². The van der Waals surface area contributed by atoms with E-state index in [1.807, 2.05) is 0 Å². The van der Waals surface area contributed by atoms with E-state index in [4.69, 9.17) is 0 Å². The minimum atomic E-state index is -0.749. The summed E-state index contributed by atoms with van der Waals surface area (Å²) in [6.07, 6.45) is 22.6. The van der Waals surface area contributed by atoms with Crippen molar-refractivity contribution in [2.75, 3.05) is 0 Å². The van der Waals surface area contributed by atoms with Gasteiger partial charge in [-0.2, -0.15) is 0 Å². The molecule has 0 unspecified atom stereocenters. The Labute approximate surface area is 161 Å². The molecule has 0 N–H and O–H groups in total. The molecule has 0 atom stereocenters. The normalized spacial score (nSPS) is 12.6. The van der Waals surface area contributed by atoms with Crippen molar-refractivity contribution in [2.24, 2.45) is 0 Å². The second-order valence-electron chi connectivity index (χ2n) is 8.35. The van der Waals surface area contributed by atoms with Crippen molar-refractivity contribution < 1.29 is 0 Å². The fourth-order valence-electron chi connectivity index (χ4n) is 4.22. The summed E-state index contributed by atoms with van der Waals surface area (Å²) in [5, 5.41) is 0. The van der Waals surface area contributed by atoms with Gasteiger partial charge in [-0.25, -0.2) is 0 Å². The summed E-state index contributed by atoms with van der Waals surface area (Å²) in [6.45, 7) is 7.03. The molecule has 0 aromatic carbocycles. The van der Waals surface area contributed by atoms with Gasteiger partial charge in [0.15, 0.2) is 0 Å². The van der Waals surface area contributed by atoms with E-state index in [-0.39, 0.29) is 0 Å². The van der Waals surface area contributed by atoms with Gasteiger partial charge in [0.05, 0.1) is 0 Å². The summed E-state index contributed by atoms with van der Waals surface area (Å²) in [5.74, 6) is 0. The molecule has 0 spiro atoms. The first kappa shape index (κ1) is 24.7. The predicted octanol–water partition coefficient (Wildman–Crippen LogP) is 6.29. The van der Waals surface area contributed by atoms with Crippen LogP contribution in [0.4, 0.5) is 0 Å². The molecule has 0 aliphatic carbocycles. The van der Waals surface area contributed by atoms with E-state index >= 15 is 0 Å². The average molecular weight is 387 g/mol. The third-order valence-electron chi connectivity index (χ3n) is 6.18. The van der Waals surface area contributed by atoms with Gasteiger partial charge in [0.25, 0.3) is 0 Å². The number of hydrogen-bond donors (Lipinski definition) is 0. The second-order valence-corrected chi connectivity index (χ2v) is 26.5. The van der Waals surface area contributed by atoms with E-state index in [0.29, 0.717) is 8.55 Å². The highest BCUT2D eigenvalue weighted by Crippen LogP contribution is 2.28. The molecule has 0 saturated heterocycles. The third-order valence-corrected chi connectivity index (χ3v) is 33.1. The molecule has 0 aromatic heterocycles. The van der Waals surface area contributed by atoms with Crippen molar-refractivity contribution in [3.63, 3.8) is 0 Å². The van der Waals surface area contributed by atoms with Gasteiger partial charge in [0.1, 0.15) is 0 Å². The summed E-state index contributed by atoms with van der Waals surface area (Å²) in [5.41, 5.74) is 0. The van der Waals surface area contributed by atoms with E-state index in [1.165, 1.54) is 57.8 Å². The fourth-order valence-corrected chi connectivity index (χ4v) is 24.0. The smallest absolute Gasteiger partial charge is 0.0367 e. The molecule has 0 amide bonds. The molecule has 0 aliphatic heterocycles. The van der Waals surface area contributed by atoms with Crippen molar-refractivity contribution in [3.05, 3.63) is 0 Å². The topological polar surface area (TPSA) is 0 Å². The van der Waals surface area contributed by atoms with E-state index in [0.717, 1.165) is 0 Å². The van der Waals surface area contributed by atoms with Gasteiger partial charge in [0.2, 0.25) is 0 Å². The summed E-state index contributed by atoms with van der Waals surface area (Å²) >= 11 is 0. The maximum atomic E-state index is 2.34. The lowest BCUT2D eigenvalue weighted by Crippen LogP contribution is -2.42. The number of unbranched alkanes of at least 4 members (excludes halogenated alkanes) is 12. The van der Waals surface area contributed by atoms with Gasteiger partial charge in [0, 0.05) is 16.1 Å². The van der Waals surface area contributed by atoms with Gasteiger partial charge in [-0.05, 0) is 9.76 Å². The van der Waals surface area contributed by atoms with Gasteiger partial charge in [-0.15, -0.1) is 0 Å². The van der Waals surface area contributed by atoms with Crippen molar-refractivity contribution in [2.45, 2.75) is 135 Å². The molecule has 0 bridgehead atoms. The predicted molar refractivity (Wildman–Crippen MR) is 125 cm³/mol. The first-order valence-electron chi connectivity index (χ1n) is 11.7. The quantitative estimate of drug-likeness (QED) is 0.181. The monoisotopic (exact) mass is 386 g/mol. The minimum Gasteiger partial charge on any atom is -0.0654 e. The molecular formula is C21H50Si3. The van der Waals surface area contributed by atoms with Gasteiger partial charge < -0.3 is 0 Å². The minimum absolute atomic E-state index is 0.380. The van der Waals surface area contributed by atoms with Crippen LogP contribution in [0.25, 0.3) is 0 Å². The Morgan fingerprint density at radius 3 is 1.04 bits per heavy atom. The zero-order valence-electron chi connectivity index (χ0n) is 17.9. The Morgan fingerprint density at radius 2 is 0.792 bits per heavy atom. The lowest BCUT2D eigenvalue weighted by molar-refractivity contribution is 0.634. The Bertz CT molecular complexity index is 207.